The minimum atomic E-state index is 0.0459. The van der Waals surface area contributed by atoms with E-state index in [1.165, 1.54) is 39.0 Å². The van der Waals surface area contributed by atoms with Crippen molar-refractivity contribution < 1.29 is 0 Å². The lowest BCUT2D eigenvalue weighted by Crippen LogP contribution is -2.24. The molecule has 1 unspecified atom stereocenters. The number of hydrogen-bond acceptors (Lipinski definition) is 0. The highest BCUT2D eigenvalue weighted by atomic mass is 14.4. The fourth-order valence-corrected chi connectivity index (χ4v) is 5.10. The van der Waals surface area contributed by atoms with E-state index in [4.69, 9.17) is 0 Å². The molecule has 0 radical (unpaired) electrons. The van der Waals surface area contributed by atoms with Gasteiger partial charge in [-0.1, -0.05) is 92.3 Å². The van der Waals surface area contributed by atoms with E-state index in [2.05, 4.69) is 93.6 Å². The van der Waals surface area contributed by atoms with Crippen molar-refractivity contribution in [3.8, 4) is 0 Å². The molecule has 0 spiro atoms. The third kappa shape index (κ3) is 2.15. The van der Waals surface area contributed by atoms with E-state index in [1.54, 1.807) is 5.57 Å². The lowest BCUT2D eigenvalue weighted by molar-refractivity contribution is 0.503. The molecule has 2 aromatic carbocycles. The Hall–Kier alpha value is -2.60. The van der Waals surface area contributed by atoms with Gasteiger partial charge < -0.3 is 0 Å². The summed E-state index contributed by atoms with van der Waals surface area (Å²) in [4.78, 5) is 0. The third-order valence-electron chi connectivity index (χ3n) is 6.43. The molecule has 0 heteroatoms. The molecule has 0 aromatic heterocycles. The molecule has 1 atom stereocenters. The summed E-state index contributed by atoms with van der Waals surface area (Å²) < 4.78 is 0. The Kier molecular flexibility index (Phi) is 3.28. The average molecular weight is 336 g/mol. The van der Waals surface area contributed by atoms with Crippen LogP contribution in [0.3, 0.4) is 0 Å². The van der Waals surface area contributed by atoms with Crippen molar-refractivity contribution in [1.29, 1.82) is 0 Å². The number of rotatable bonds is 2. The maximum atomic E-state index is 2.43. The van der Waals surface area contributed by atoms with Gasteiger partial charge in [0.15, 0.2) is 0 Å². The smallest absolute Gasteiger partial charge is 0.0319 e. The molecular weight excluding hydrogens is 312 g/mol. The van der Waals surface area contributed by atoms with Crippen molar-refractivity contribution >= 4 is 12.2 Å². The van der Waals surface area contributed by atoms with Gasteiger partial charge in [0.25, 0.3) is 0 Å². The lowest BCUT2D eigenvalue weighted by atomic mass is 9.67. The van der Waals surface area contributed by atoms with E-state index in [9.17, 15) is 0 Å². The van der Waals surface area contributed by atoms with Crippen LogP contribution in [0.25, 0.3) is 12.2 Å². The van der Waals surface area contributed by atoms with Crippen LogP contribution in [0.2, 0.25) is 0 Å². The minimum absolute atomic E-state index is 0.0459. The molecule has 0 saturated heterocycles. The van der Waals surface area contributed by atoms with Gasteiger partial charge in [-0.05, 0) is 52.3 Å². The first-order chi connectivity index (χ1) is 12.6. The van der Waals surface area contributed by atoms with E-state index in [1.807, 2.05) is 0 Å². The monoisotopic (exact) mass is 336 g/mol. The first-order valence-corrected chi connectivity index (χ1v) is 9.54. The van der Waals surface area contributed by atoms with Gasteiger partial charge >= 0.3 is 0 Å². The summed E-state index contributed by atoms with van der Waals surface area (Å²) in [6.45, 7) is 7.13. The summed E-state index contributed by atoms with van der Waals surface area (Å²) in [5.74, 6) is 0.399. The summed E-state index contributed by atoms with van der Waals surface area (Å²) in [7, 11) is 0. The Morgan fingerprint density at radius 3 is 2.38 bits per heavy atom. The maximum Gasteiger partial charge on any atom is 0.0319 e. The fraction of sp³-hybridized carbons (Fsp3) is 0.231. The molecule has 26 heavy (non-hydrogen) atoms. The molecule has 0 amide bonds. The largest absolute Gasteiger partial charge is 0.0619 e. The van der Waals surface area contributed by atoms with Crippen LogP contribution in [0.5, 0.6) is 0 Å². The molecule has 2 aromatic rings. The van der Waals surface area contributed by atoms with Crippen LogP contribution in [0.1, 0.15) is 48.9 Å². The highest BCUT2D eigenvalue weighted by Gasteiger charge is 2.40. The van der Waals surface area contributed by atoms with Crippen LogP contribution >= 0.6 is 0 Å². The number of hydrogen-bond donors (Lipinski definition) is 0. The Morgan fingerprint density at radius 2 is 1.58 bits per heavy atom. The molecule has 3 aliphatic carbocycles. The van der Waals surface area contributed by atoms with E-state index < -0.39 is 0 Å². The van der Waals surface area contributed by atoms with Gasteiger partial charge in [0.05, 0.1) is 0 Å². The first-order valence-electron chi connectivity index (χ1n) is 9.54. The lowest BCUT2D eigenvalue weighted by Gasteiger charge is -2.36. The summed E-state index contributed by atoms with van der Waals surface area (Å²) in [5, 5.41) is 0. The number of benzene rings is 2. The van der Waals surface area contributed by atoms with E-state index in [-0.39, 0.29) is 5.41 Å². The highest BCUT2D eigenvalue weighted by Crippen LogP contribution is 2.55. The number of allylic oxidation sites excluding steroid dienone is 6. The van der Waals surface area contributed by atoms with Crippen molar-refractivity contribution in [2.75, 3.05) is 0 Å². The summed E-state index contributed by atoms with van der Waals surface area (Å²) in [6.07, 6.45) is 10.5. The normalized spacial score (nSPS) is 20.5. The molecule has 0 bridgehead atoms. The topological polar surface area (TPSA) is 0 Å². The van der Waals surface area contributed by atoms with Crippen molar-refractivity contribution in [2.45, 2.75) is 33.1 Å². The quantitative estimate of drug-likeness (QED) is 0.571. The van der Waals surface area contributed by atoms with Crippen LogP contribution in [-0.4, -0.2) is 0 Å². The van der Waals surface area contributed by atoms with Crippen LogP contribution in [0.15, 0.2) is 83.0 Å². The Bertz CT molecular complexity index is 1040. The zero-order valence-electron chi connectivity index (χ0n) is 15.7. The van der Waals surface area contributed by atoms with E-state index in [0.29, 0.717) is 5.92 Å². The Balaban J connectivity index is 1.60. The standard InChI is InChI=1S/C26H24/c1-17-14-21-13-12-18-8-6-7-11-23(18)24(21)25(17)26(2,3)22-15-19-9-4-5-10-20(19)16-22/h4-15,24H,16H2,1-3H3. The fourth-order valence-electron chi connectivity index (χ4n) is 5.10. The molecule has 0 fully saturated rings. The van der Waals surface area contributed by atoms with Gasteiger partial charge in [0.1, 0.15) is 0 Å². The molecule has 0 aliphatic heterocycles. The minimum Gasteiger partial charge on any atom is -0.0619 e. The summed E-state index contributed by atoms with van der Waals surface area (Å²) >= 11 is 0. The highest BCUT2D eigenvalue weighted by molar-refractivity contribution is 5.73. The second kappa shape index (κ2) is 5.45. The van der Waals surface area contributed by atoms with E-state index in [0.717, 1.165) is 6.42 Å². The van der Waals surface area contributed by atoms with Gasteiger partial charge in [-0.3, -0.25) is 0 Å². The van der Waals surface area contributed by atoms with Crippen LogP contribution in [-0.2, 0) is 6.42 Å². The van der Waals surface area contributed by atoms with Crippen LogP contribution < -0.4 is 0 Å². The van der Waals surface area contributed by atoms with Gasteiger partial charge in [0.2, 0.25) is 0 Å². The predicted octanol–water partition coefficient (Wildman–Crippen LogP) is 6.72. The van der Waals surface area contributed by atoms with Gasteiger partial charge in [-0.25, -0.2) is 0 Å². The Labute approximate surface area is 156 Å². The van der Waals surface area contributed by atoms with Gasteiger partial charge in [-0.2, -0.15) is 0 Å². The molecule has 0 saturated carbocycles. The zero-order valence-corrected chi connectivity index (χ0v) is 15.7. The van der Waals surface area contributed by atoms with Crippen molar-refractivity contribution in [1.82, 2.24) is 0 Å². The van der Waals surface area contributed by atoms with Crippen LogP contribution in [0.4, 0.5) is 0 Å². The van der Waals surface area contributed by atoms with Crippen molar-refractivity contribution in [2.24, 2.45) is 5.41 Å². The van der Waals surface area contributed by atoms with Gasteiger partial charge in [0, 0.05) is 11.3 Å². The van der Waals surface area contributed by atoms with E-state index >= 15 is 0 Å². The SMILES string of the molecule is CC1=C(C(C)(C)C2=Cc3ccccc3C2)C2C(=C1)C=Cc1ccccc12. The molecule has 5 rings (SSSR count). The van der Waals surface area contributed by atoms with Gasteiger partial charge in [-0.15, -0.1) is 0 Å². The molecular formula is C26H24. The summed E-state index contributed by atoms with van der Waals surface area (Å²) in [5.41, 5.74) is 11.7. The molecule has 0 N–H and O–H groups in total. The average Bonchev–Trinajstić information content (AvgIpc) is 3.22. The second-order valence-corrected chi connectivity index (χ2v) is 8.31. The van der Waals surface area contributed by atoms with Crippen molar-refractivity contribution in [3.63, 3.8) is 0 Å². The predicted molar refractivity (Wildman–Crippen MR) is 111 cm³/mol. The third-order valence-corrected chi connectivity index (χ3v) is 6.43. The maximum absolute atomic E-state index is 2.43. The van der Waals surface area contributed by atoms with Crippen molar-refractivity contribution in [3.05, 3.63) is 105 Å². The number of fused-ring (bicyclic) bond motifs is 4. The molecule has 128 valence electrons. The Morgan fingerprint density at radius 1 is 0.846 bits per heavy atom. The molecule has 0 heterocycles. The second-order valence-electron chi connectivity index (χ2n) is 8.31. The molecule has 0 nitrogen and oxygen atoms in total. The molecule has 3 aliphatic rings. The first kappa shape index (κ1) is 15.6. The summed E-state index contributed by atoms with van der Waals surface area (Å²) in [6, 6.07) is 17.7. The zero-order chi connectivity index (χ0) is 17.9. The van der Waals surface area contributed by atoms with Crippen LogP contribution in [0, 0.1) is 5.41 Å².